The van der Waals surface area contributed by atoms with Gasteiger partial charge < -0.3 is 4.74 Å². The minimum atomic E-state index is -0.989. The lowest BCUT2D eigenvalue weighted by molar-refractivity contribution is 0.182. The van der Waals surface area contributed by atoms with Gasteiger partial charge in [0.05, 0.1) is 17.3 Å². The summed E-state index contributed by atoms with van der Waals surface area (Å²) in [6.45, 7) is 0.200. The molecule has 0 bridgehead atoms. The Morgan fingerprint density at radius 2 is 2.12 bits per heavy atom. The van der Waals surface area contributed by atoms with Gasteiger partial charge in [0.1, 0.15) is 5.52 Å². The highest BCUT2D eigenvalue weighted by atomic mass is 35.5. The molecule has 0 spiro atoms. The van der Waals surface area contributed by atoms with Gasteiger partial charge in [-0.3, -0.25) is 0 Å². The minimum absolute atomic E-state index is 0.0699. The molecule has 0 saturated carbocycles. The van der Waals surface area contributed by atoms with Crippen molar-refractivity contribution in [2.24, 2.45) is 0 Å². The molecule has 5 heteroatoms. The second-order valence-electron chi connectivity index (χ2n) is 3.29. The highest BCUT2D eigenvalue weighted by Gasteiger charge is 2.12. The van der Waals surface area contributed by atoms with Gasteiger partial charge in [0.25, 0.3) is 0 Å². The van der Waals surface area contributed by atoms with Gasteiger partial charge in [-0.25, -0.2) is 13.8 Å². The normalized spacial score (nSPS) is 11.0. The van der Waals surface area contributed by atoms with Crippen molar-refractivity contribution in [3.8, 4) is 0 Å². The first kappa shape index (κ1) is 11.2. The lowest BCUT2D eigenvalue weighted by atomic mass is 10.2. The summed E-state index contributed by atoms with van der Waals surface area (Å²) in [6, 6.07) is 4.01. The first-order chi connectivity index (χ1) is 7.63. The average molecular weight is 244 g/mol. The van der Waals surface area contributed by atoms with E-state index >= 15 is 0 Å². The van der Waals surface area contributed by atoms with Crippen LogP contribution in [0, 0.1) is 11.6 Å². The van der Waals surface area contributed by atoms with Gasteiger partial charge in [-0.15, -0.1) is 0 Å². The number of halogens is 3. The van der Waals surface area contributed by atoms with Crippen molar-refractivity contribution >= 4 is 22.5 Å². The zero-order valence-electron chi connectivity index (χ0n) is 8.43. The van der Waals surface area contributed by atoms with Gasteiger partial charge in [0.2, 0.25) is 0 Å². The molecule has 2 nitrogen and oxygen atoms in total. The van der Waals surface area contributed by atoms with Crippen molar-refractivity contribution in [3.63, 3.8) is 0 Å². The fourth-order valence-electron chi connectivity index (χ4n) is 1.46. The predicted octanol–water partition coefficient (Wildman–Crippen LogP) is 3.31. The molecule has 0 atom stereocenters. The number of hydrogen-bond acceptors (Lipinski definition) is 2. The van der Waals surface area contributed by atoms with E-state index in [2.05, 4.69) is 4.98 Å². The van der Waals surface area contributed by atoms with Gasteiger partial charge in [-0.2, -0.15) is 0 Å². The average Bonchev–Trinajstić information content (AvgIpc) is 2.25. The van der Waals surface area contributed by atoms with Gasteiger partial charge in [0.15, 0.2) is 11.6 Å². The zero-order valence-corrected chi connectivity index (χ0v) is 9.18. The van der Waals surface area contributed by atoms with Gasteiger partial charge >= 0.3 is 0 Å². The fourth-order valence-corrected chi connectivity index (χ4v) is 1.74. The van der Waals surface area contributed by atoms with Crippen LogP contribution >= 0.6 is 11.6 Å². The van der Waals surface area contributed by atoms with E-state index in [9.17, 15) is 8.78 Å². The SMILES string of the molecule is COCc1cc(Cl)c2ccc(F)c(F)c2n1. The van der Waals surface area contributed by atoms with E-state index in [4.69, 9.17) is 16.3 Å². The summed E-state index contributed by atoms with van der Waals surface area (Å²) in [5.74, 6) is -1.93. The zero-order chi connectivity index (χ0) is 11.7. The molecule has 0 unspecified atom stereocenters. The lowest BCUT2D eigenvalue weighted by Crippen LogP contribution is -1.96. The van der Waals surface area contributed by atoms with Crippen LogP contribution in [0.1, 0.15) is 5.69 Å². The molecule has 0 aliphatic rings. The van der Waals surface area contributed by atoms with Crippen LogP contribution in [-0.2, 0) is 11.3 Å². The van der Waals surface area contributed by atoms with Crippen molar-refractivity contribution in [1.29, 1.82) is 0 Å². The Morgan fingerprint density at radius 1 is 1.38 bits per heavy atom. The number of methoxy groups -OCH3 is 1. The van der Waals surface area contributed by atoms with Crippen molar-refractivity contribution in [2.75, 3.05) is 7.11 Å². The highest BCUT2D eigenvalue weighted by Crippen LogP contribution is 2.26. The van der Waals surface area contributed by atoms with E-state index in [1.807, 2.05) is 0 Å². The second-order valence-corrected chi connectivity index (χ2v) is 3.69. The van der Waals surface area contributed by atoms with Crippen LogP contribution in [-0.4, -0.2) is 12.1 Å². The summed E-state index contributed by atoms with van der Waals surface area (Å²) in [4.78, 5) is 3.96. The summed E-state index contributed by atoms with van der Waals surface area (Å²) < 4.78 is 31.3. The third-order valence-electron chi connectivity index (χ3n) is 2.17. The van der Waals surface area contributed by atoms with Crippen molar-refractivity contribution in [3.05, 3.63) is 40.6 Å². The predicted molar refractivity (Wildman–Crippen MR) is 57.4 cm³/mol. The Kier molecular flexibility index (Phi) is 3.03. The molecule has 2 rings (SSSR count). The maximum atomic E-state index is 13.5. The topological polar surface area (TPSA) is 22.1 Å². The van der Waals surface area contributed by atoms with E-state index in [1.165, 1.54) is 13.2 Å². The van der Waals surface area contributed by atoms with E-state index in [-0.39, 0.29) is 12.1 Å². The summed E-state index contributed by atoms with van der Waals surface area (Å²) in [7, 11) is 1.49. The molecule has 84 valence electrons. The first-order valence-electron chi connectivity index (χ1n) is 4.55. The van der Waals surface area contributed by atoms with Crippen LogP contribution in [0.15, 0.2) is 18.2 Å². The van der Waals surface area contributed by atoms with E-state index in [0.29, 0.717) is 16.1 Å². The van der Waals surface area contributed by atoms with Gasteiger partial charge in [-0.05, 0) is 18.2 Å². The van der Waals surface area contributed by atoms with Crippen LogP contribution in [0.5, 0.6) is 0 Å². The molecular formula is C11H8ClF2NO. The summed E-state index contributed by atoms with van der Waals surface area (Å²) in [6.07, 6.45) is 0. The first-order valence-corrected chi connectivity index (χ1v) is 4.93. The molecule has 0 N–H and O–H groups in total. The molecule has 0 aliphatic heterocycles. The molecule has 0 aliphatic carbocycles. The molecule has 1 heterocycles. The van der Waals surface area contributed by atoms with Gasteiger partial charge in [-0.1, -0.05) is 11.6 Å². The number of fused-ring (bicyclic) bond motifs is 1. The number of hydrogen-bond donors (Lipinski definition) is 0. The highest BCUT2D eigenvalue weighted by molar-refractivity contribution is 6.35. The lowest BCUT2D eigenvalue weighted by Gasteiger charge is -2.05. The third-order valence-corrected chi connectivity index (χ3v) is 2.48. The Labute approximate surface area is 95.8 Å². The largest absolute Gasteiger partial charge is 0.378 e. The smallest absolute Gasteiger partial charge is 0.185 e. The molecule has 1 aromatic heterocycles. The van der Waals surface area contributed by atoms with Crippen LogP contribution in [0.25, 0.3) is 10.9 Å². The van der Waals surface area contributed by atoms with Crippen LogP contribution in [0.3, 0.4) is 0 Å². The number of aromatic nitrogens is 1. The van der Waals surface area contributed by atoms with Crippen LogP contribution in [0.4, 0.5) is 8.78 Å². The number of nitrogens with zero attached hydrogens (tertiary/aromatic N) is 1. The number of benzene rings is 1. The molecule has 16 heavy (non-hydrogen) atoms. The monoisotopic (exact) mass is 243 g/mol. The maximum absolute atomic E-state index is 13.5. The molecule has 1 aromatic carbocycles. The van der Waals surface area contributed by atoms with Crippen molar-refractivity contribution in [2.45, 2.75) is 6.61 Å². The van der Waals surface area contributed by atoms with E-state index < -0.39 is 11.6 Å². The molecular weight excluding hydrogens is 236 g/mol. The quantitative estimate of drug-likeness (QED) is 0.807. The number of rotatable bonds is 2. The Hall–Kier alpha value is -1.26. The third kappa shape index (κ3) is 1.86. The molecule has 0 saturated heterocycles. The number of ether oxygens (including phenoxy) is 1. The summed E-state index contributed by atoms with van der Waals surface area (Å²) >= 11 is 5.94. The second kappa shape index (κ2) is 4.31. The van der Waals surface area contributed by atoms with Crippen molar-refractivity contribution < 1.29 is 13.5 Å². The van der Waals surface area contributed by atoms with Gasteiger partial charge in [0, 0.05) is 12.5 Å². The Bertz CT molecular complexity index is 545. The summed E-state index contributed by atoms with van der Waals surface area (Å²) in [5.41, 5.74) is 0.393. The summed E-state index contributed by atoms with van der Waals surface area (Å²) in [5, 5.41) is 0.719. The molecule has 2 aromatic rings. The van der Waals surface area contributed by atoms with Crippen LogP contribution in [0.2, 0.25) is 5.02 Å². The van der Waals surface area contributed by atoms with Crippen molar-refractivity contribution in [1.82, 2.24) is 4.98 Å². The van der Waals surface area contributed by atoms with E-state index in [1.54, 1.807) is 6.07 Å². The van der Waals surface area contributed by atoms with Crippen LogP contribution < -0.4 is 0 Å². The molecule has 0 fully saturated rings. The van der Waals surface area contributed by atoms with E-state index in [0.717, 1.165) is 6.07 Å². The maximum Gasteiger partial charge on any atom is 0.185 e. The standard InChI is InChI=1S/C11H8ClF2NO/c1-16-5-6-4-8(12)7-2-3-9(13)10(14)11(7)15-6/h2-4H,5H2,1H3. The minimum Gasteiger partial charge on any atom is -0.378 e. The number of pyridine rings is 1. The Balaban J connectivity index is 2.73. The molecule has 0 amide bonds. The fraction of sp³-hybridized carbons (Fsp3) is 0.182. The Morgan fingerprint density at radius 3 is 2.81 bits per heavy atom. The molecule has 0 radical (unpaired) electrons.